The van der Waals surface area contributed by atoms with E-state index in [0.29, 0.717) is 23.4 Å². The number of hydrogen-bond donors (Lipinski definition) is 2. The van der Waals surface area contributed by atoms with Crippen molar-refractivity contribution in [2.24, 2.45) is 5.92 Å². The Morgan fingerprint density at radius 3 is 2.74 bits per heavy atom. The molecule has 106 valence electrons. The maximum atomic E-state index is 10.1. The number of hydrogen-bond acceptors (Lipinski definition) is 3. The lowest BCUT2D eigenvalue weighted by atomic mass is 9.99. The number of ether oxygens (including phenoxy) is 1. The van der Waals surface area contributed by atoms with Crippen LogP contribution < -0.4 is 10.1 Å². The van der Waals surface area contributed by atoms with E-state index >= 15 is 0 Å². The van der Waals surface area contributed by atoms with Gasteiger partial charge in [0, 0.05) is 29.2 Å². The highest BCUT2D eigenvalue weighted by atomic mass is 35.5. The maximum absolute atomic E-state index is 10.1. The molecule has 2 N–H and O–H groups in total. The molecule has 2 rings (SSSR count). The van der Waals surface area contributed by atoms with Crippen molar-refractivity contribution in [2.45, 2.75) is 45.2 Å². The van der Waals surface area contributed by atoms with Crippen molar-refractivity contribution in [3.8, 4) is 11.5 Å². The van der Waals surface area contributed by atoms with E-state index in [0.717, 1.165) is 11.5 Å². The third-order valence-corrected chi connectivity index (χ3v) is 4.28. The fourth-order valence-corrected chi connectivity index (χ4v) is 3.04. The van der Waals surface area contributed by atoms with Gasteiger partial charge in [-0.3, -0.25) is 0 Å². The molecule has 1 aliphatic rings. The number of aromatic hydroxyl groups is 1. The van der Waals surface area contributed by atoms with Crippen molar-refractivity contribution in [1.29, 1.82) is 0 Å². The molecule has 4 heteroatoms. The van der Waals surface area contributed by atoms with Crippen LogP contribution in [-0.4, -0.2) is 18.3 Å². The zero-order chi connectivity index (χ0) is 13.8. The first-order valence-electron chi connectivity index (χ1n) is 6.90. The van der Waals surface area contributed by atoms with E-state index < -0.39 is 0 Å². The van der Waals surface area contributed by atoms with Crippen molar-refractivity contribution >= 4 is 11.6 Å². The summed E-state index contributed by atoms with van der Waals surface area (Å²) in [5.74, 6) is 1.36. The molecule has 0 bridgehead atoms. The molecule has 1 unspecified atom stereocenters. The second-order valence-electron chi connectivity index (χ2n) is 5.33. The summed E-state index contributed by atoms with van der Waals surface area (Å²) in [4.78, 5) is 0. The number of rotatable bonds is 5. The first kappa shape index (κ1) is 14.5. The molecule has 19 heavy (non-hydrogen) atoms. The molecule has 1 aliphatic carbocycles. The Kier molecular flexibility index (Phi) is 4.94. The van der Waals surface area contributed by atoms with Crippen LogP contribution in [0.2, 0.25) is 5.02 Å². The zero-order valence-electron chi connectivity index (χ0n) is 11.6. The Balaban J connectivity index is 2.00. The summed E-state index contributed by atoms with van der Waals surface area (Å²) in [6.07, 6.45) is 5.29. The van der Waals surface area contributed by atoms with Crippen LogP contribution in [-0.2, 0) is 6.54 Å². The summed E-state index contributed by atoms with van der Waals surface area (Å²) < 4.78 is 5.11. The van der Waals surface area contributed by atoms with E-state index in [2.05, 4.69) is 12.2 Å². The van der Waals surface area contributed by atoms with Gasteiger partial charge in [0.25, 0.3) is 0 Å². The maximum Gasteiger partial charge on any atom is 0.162 e. The SMILES string of the molecule is COc1cc(Cl)cc(CNC(C)C2CCCC2)c1O. The van der Waals surface area contributed by atoms with Crippen LogP contribution in [0.3, 0.4) is 0 Å². The van der Waals surface area contributed by atoms with Crippen LogP contribution in [0.4, 0.5) is 0 Å². The minimum Gasteiger partial charge on any atom is -0.504 e. The molecule has 1 aromatic carbocycles. The molecular weight excluding hydrogens is 262 g/mol. The van der Waals surface area contributed by atoms with Crippen molar-refractivity contribution in [1.82, 2.24) is 5.32 Å². The molecule has 0 aliphatic heterocycles. The van der Waals surface area contributed by atoms with Crippen molar-refractivity contribution < 1.29 is 9.84 Å². The number of phenols is 1. The van der Waals surface area contributed by atoms with Gasteiger partial charge in [-0.05, 0) is 31.7 Å². The Hall–Kier alpha value is -0.930. The van der Waals surface area contributed by atoms with Crippen LogP contribution >= 0.6 is 11.6 Å². The Bertz CT molecular complexity index is 430. The first-order valence-corrected chi connectivity index (χ1v) is 7.28. The van der Waals surface area contributed by atoms with Gasteiger partial charge in [0.2, 0.25) is 0 Å². The largest absolute Gasteiger partial charge is 0.504 e. The van der Waals surface area contributed by atoms with Gasteiger partial charge < -0.3 is 15.2 Å². The zero-order valence-corrected chi connectivity index (χ0v) is 12.3. The highest BCUT2D eigenvalue weighted by Gasteiger charge is 2.21. The summed E-state index contributed by atoms with van der Waals surface area (Å²) in [5.41, 5.74) is 0.786. The van der Waals surface area contributed by atoms with Crippen LogP contribution in [0, 0.1) is 5.92 Å². The molecule has 1 atom stereocenters. The van der Waals surface area contributed by atoms with E-state index in [1.807, 2.05) is 0 Å². The average Bonchev–Trinajstić information content (AvgIpc) is 2.93. The molecule has 1 aromatic rings. The molecule has 0 aromatic heterocycles. The molecule has 0 amide bonds. The smallest absolute Gasteiger partial charge is 0.162 e. The van der Waals surface area contributed by atoms with E-state index in [9.17, 15) is 5.11 Å². The third-order valence-electron chi connectivity index (χ3n) is 4.06. The number of halogens is 1. The Morgan fingerprint density at radius 2 is 2.11 bits per heavy atom. The standard InChI is InChI=1S/C15H22ClNO2/c1-10(11-5-3-4-6-11)17-9-12-7-13(16)8-14(19-2)15(12)18/h7-8,10-11,17-18H,3-6,9H2,1-2H3. The van der Waals surface area contributed by atoms with E-state index in [1.165, 1.54) is 32.8 Å². The van der Waals surface area contributed by atoms with Crippen LogP contribution in [0.5, 0.6) is 11.5 Å². The lowest BCUT2D eigenvalue weighted by Crippen LogP contribution is -2.31. The number of nitrogens with one attached hydrogen (secondary N) is 1. The second-order valence-corrected chi connectivity index (χ2v) is 5.77. The molecule has 0 spiro atoms. The van der Waals surface area contributed by atoms with Gasteiger partial charge in [0.15, 0.2) is 11.5 Å². The fourth-order valence-electron chi connectivity index (χ4n) is 2.81. The van der Waals surface area contributed by atoms with Gasteiger partial charge in [-0.2, -0.15) is 0 Å². The van der Waals surface area contributed by atoms with Gasteiger partial charge in [0.05, 0.1) is 7.11 Å². The molecule has 0 heterocycles. The van der Waals surface area contributed by atoms with Crippen molar-refractivity contribution in [3.05, 3.63) is 22.7 Å². The molecule has 3 nitrogen and oxygen atoms in total. The minimum absolute atomic E-state index is 0.179. The quantitative estimate of drug-likeness (QED) is 0.865. The van der Waals surface area contributed by atoms with Gasteiger partial charge in [-0.1, -0.05) is 24.4 Å². The monoisotopic (exact) mass is 283 g/mol. The van der Waals surface area contributed by atoms with Crippen molar-refractivity contribution in [3.63, 3.8) is 0 Å². The van der Waals surface area contributed by atoms with Crippen LogP contribution in [0.15, 0.2) is 12.1 Å². The predicted octanol–water partition coefficient (Wildman–Crippen LogP) is 3.72. The number of benzene rings is 1. The normalized spacial score (nSPS) is 17.6. The molecular formula is C15H22ClNO2. The van der Waals surface area contributed by atoms with Crippen molar-refractivity contribution in [2.75, 3.05) is 7.11 Å². The summed E-state index contributed by atoms with van der Waals surface area (Å²) in [6.45, 7) is 2.83. The molecule has 0 radical (unpaired) electrons. The summed E-state index contributed by atoms with van der Waals surface area (Å²) >= 11 is 6.02. The fraction of sp³-hybridized carbons (Fsp3) is 0.600. The van der Waals surface area contributed by atoms with Gasteiger partial charge in [-0.15, -0.1) is 0 Å². The second kappa shape index (κ2) is 6.49. The van der Waals surface area contributed by atoms with E-state index in [4.69, 9.17) is 16.3 Å². The first-order chi connectivity index (χ1) is 9.11. The number of phenolic OH excluding ortho intramolecular Hbond substituents is 1. The van der Waals surface area contributed by atoms with Gasteiger partial charge in [0.1, 0.15) is 0 Å². The van der Waals surface area contributed by atoms with Crippen LogP contribution in [0.25, 0.3) is 0 Å². The van der Waals surface area contributed by atoms with Gasteiger partial charge in [-0.25, -0.2) is 0 Å². The topological polar surface area (TPSA) is 41.5 Å². The third kappa shape index (κ3) is 3.54. The predicted molar refractivity (Wildman–Crippen MR) is 77.9 cm³/mol. The molecule has 0 saturated heterocycles. The number of methoxy groups -OCH3 is 1. The molecule has 1 fully saturated rings. The highest BCUT2D eigenvalue weighted by Crippen LogP contribution is 2.34. The average molecular weight is 284 g/mol. The lowest BCUT2D eigenvalue weighted by molar-refractivity contribution is 0.359. The Labute approximate surface area is 119 Å². The lowest BCUT2D eigenvalue weighted by Gasteiger charge is -2.21. The summed E-state index contributed by atoms with van der Waals surface area (Å²) in [7, 11) is 1.53. The Morgan fingerprint density at radius 1 is 1.42 bits per heavy atom. The van der Waals surface area contributed by atoms with Crippen LogP contribution in [0.1, 0.15) is 38.2 Å². The van der Waals surface area contributed by atoms with Gasteiger partial charge >= 0.3 is 0 Å². The summed E-state index contributed by atoms with van der Waals surface area (Å²) in [6, 6.07) is 3.88. The van der Waals surface area contributed by atoms with E-state index in [1.54, 1.807) is 12.1 Å². The minimum atomic E-state index is 0.179. The summed E-state index contributed by atoms with van der Waals surface area (Å²) in [5, 5.41) is 14.1. The molecule has 1 saturated carbocycles. The van der Waals surface area contributed by atoms with E-state index in [-0.39, 0.29) is 5.75 Å². The highest BCUT2D eigenvalue weighted by molar-refractivity contribution is 6.30.